The molecule has 0 aliphatic heterocycles. The van der Waals surface area contributed by atoms with Gasteiger partial charge in [0.15, 0.2) is 0 Å². The Hall–Kier alpha value is -2.12. The zero-order chi connectivity index (χ0) is 13.5. The molecular weight excluding hydrogens is 260 g/mol. The highest BCUT2D eigenvalue weighted by Crippen LogP contribution is 2.39. The van der Waals surface area contributed by atoms with E-state index in [1.54, 1.807) is 0 Å². The zero-order valence-electron chi connectivity index (χ0n) is 11.3. The van der Waals surface area contributed by atoms with Crippen LogP contribution < -0.4 is 0 Å². The Morgan fingerprint density at radius 1 is 0.750 bits per heavy atom. The Labute approximate surface area is 122 Å². The van der Waals surface area contributed by atoms with Crippen LogP contribution in [0.15, 0.2) is 66.7 Å². The molecule has 0 bridgehead atoms. The summed E-state index contributed by atoms with van der Waals surface area (Å²) < 4.78 is 2.77. The molecular formula is C19H14S. The van der Waals surface area contributed by atoms with Gasteiger partial charge in [0.2, 0.25) is 0 Å². The maximum atomic E-state index is 2.29. The summed E-state index contributed by atoms with van der Waals surface area (Å²) in [4.78, 5) is 0. The molecule has 0 amide bonds. The lowest BCUT2D eigenvalue weighted by molar-refractivity contribution is 1.52. The number of hydrogen-bond donors (Lipinski definition) is 0. The molecule has 4 rings (SSSR count). The van der Waals surface area contributed by atoms with Gasteiger partial charge in [0, 0.05) is 20.2 Å². The van der Waals surface area contributed by atoms with E-state index in [1.165, 1.54) is 36.9 Å². The van der Waals surface area contributed by atoms with Crippen LogP contribution in [0.5, 0.6) is 0 Å². The minimum Gasteiger partial charge on any atom is -0.135 e. The van der Waals surface area contributed by atoms with Crippen LogP contribution in [0, 0.1) is 6.92 Å². The molecule has 0 saturated heterocycles. The number of fused-ring (bicyclic) bond motifs is 3. The molecule has 1 heteroatoms. The highest BCUT2D eigenvalue weighted by Gasteiger charge is 2.09. The lowest BCUT2D eigenvalue weighted by Crippen LogP contribution is -1.76. The van der Waals surface area contributed by atoms with Crippen LogP contribution in [0.4, 0.5) is 0 Å². The van der Waals surface area contributed by atoms with Crippen LogP contribution in [0.3, 0.4) is 0 Å². The summed E-state index contributed by atoms with van der Waals surface area (Å²) >= 11 is 1.90. The van der Waals surface area contributed by atoms with Crippen molar-refractivity contribution in [1.29, 1.82) is 0 Å². The highest BCUT2D eigenvalue weighted by atomic mass is 32.1. The largest absolute Gasteiger partial charge is 0.135 e. The van der Waals surface area contributed by atoms with Crippen LogP contribution in [0.25, 0.3) is 31.3 Å². The van der Waals surface area contributed by atoms with Gasteiger partial charge in [-0.05, 0) is 29.7 Å². The van der Waals surface area contributed by atoms with Gasteiger partial charge in [0.1, 0.15) is 0 Å². The Morgan fingerprint density at radius 3 is 2.45 bits per heavy atom. The van der Waals surface area contributed by atoms with E-state index in [2.05, 4.69) is 73.7 Å². The number of benzene rings is 3. The van der Waals surface area contributed by atoms with Gasteiger partial charge in [-0.3, -0.25) is 0 Å². The van der Waals surface area contributed by atoms with Crippen LogP contribution in [0.1, 0.15) is 5.56 Å². The minimum absolute atomic E-state index is 1.29. The lowest BCUT2D eigenvalue weighted by Gasteiger charge is -2.02. The molecule has 20 heavy (non-hydrogen) atoms. The molecule has 0 spiro atoms. The quantitative estimate of drug-likeness (QED) is 0.397. The van der Waals surface area contributed by atoms with E-state index in [0.29, 0.717) is 0 Å². The van der Waals surface area contributed by atoms with E-state index in [9.17, 15) is 0 Å². The average Bonchev–Trinajstić information content (AvgIpc) is 2.85. The van der Waals surface area contributed by atoms with E-state index in [4.69, 9.17) is 0 Å². The highest BCUT2D eigenvalue weighted by molar-refractivity contribution is 7.26. The number of aryl methyl sites for hydroxylation is 1. The van der Waals surface area contributed by atoms with E-state index in [-0.39, 0.29) is 0 Å². The molecule has 0 nitrogen and oxygen atoms in total. The number of thiophene rings is 1. The standard InChI is InChI=1S/C19H14S/c1-13-10-11-16-17-9-5-8-15(14-6-3-2-4-7-14)19(17)20-18(16)12-13/h2-12H,1H3. The van der Waals surface area contributed by atoms with Crippen LogP contribution in [-0.4, -0.2) is 0 Å². The van der Waals surface area contributed by atoms with E-state index >= 15 is 0 Å². The molecule has 96 valence electrons. The van der Waals surface area contributed by atoms with Crippen LogP contribution >= 0.6 is 11.3 Å². The molecule has 1 aromatic heterocycles. The predicted octanol–water partition coefficient (Wildman–Crippen LogP) is 6.03. The summed E-state index contributed by atoms with van der Waals surface area (Å²) in [7, 11) is 0. The Balaban J connectivity index is 2.11. The molecule has 0 aliphatic carbocycles. The maximum Gasteiger partial charge on any atom is 0.0433 e. The van der Waals surface area contributed by atoms with Gasteiger partial charge in [-0.15, -0.1) is 11.3 Å². The van der Waals surface area contributed by atoms with Crippen LogP contribution in [0.2, 0.25) is 0 Å². The number of hydrogen-bond acceptors (Lipinski definition) is 1. The summed E-state index contributed by atoms with van der Waals surface area (Å²) in [5, 5.41) is 2.74. The van der Waals surface area contributed by atoms with Gasteiger partial charge in [0.25, 0.3) is 0 Å². The van der Waals surface area contributed by atoms with Crippen molar-refractivity contribution in [3.63, 3.8) is 0 Å². The van der Waals surface area contributed by atoms with Crippen LogP contribution in [-0.2, 0) is 0 Å². The maximum absolute atomic E-state index is 2.29. The topological polar surface area (TPSA) is 0 Å². The zero-order valence-corrected chi connectivity index (χ0v) is 12.1. The summed E-state index contributed by atoms with van der Waals surface area (Å²) in [6, 6.07) is 24.0. The summed E-state index contributed by atoms with van der Waals surface area (Å²) in [5.41, 5.74) is 3.95. The first-order valence-corrected chi connectivity index (χ1v) is 7.62. The SMILES string of the molecule is Cc1ccc2c(c1)sc1c(-c3ccccc3)cccc12. The molecule has 1 heterocycles. The molecule has 3 aromatic carbocycles. The van der Waals surface area contributed by atoms with Crippen molar-refractivity contribution in [1.82, 2.24) is 0 Å². The third-order valence-electron chi connectivity index (χ3n) is 3.74. The van der Waals surface area contributed by atoms with Gasteiger partial charge in [-0.25, -0.2) is 0 Å². The average molecular weight is 274 g/mol. The second kappa shape index (κ2) is 4.46. The van der Waals surface area contributed by atoms with E-state index in [0.717, 1.165) is 0 Å². The second-order valence-corrected chi connectivity index (χ2v) is 6.20. The van der Waals surface area contributed by atoms with Gasteiger partial charge in [-0.2, -0.15) is 0 Å². The Morgan fingerprint density at radius 2 is 1.60 bits per heavy atom. The fourth-order valence-electron chi connectivity index (χ4n) is 2.75. The fourth-order valence-corrected chi connectivity index (χ4v) is 4.09. The molecule has 0 fully saturated rings. The monoisotopic (exact) mass is 274 g/mol. The molecule has 0 saturated carbocycles. The Kier molecular flexibility index (Phi) is 2.61. The molecule has 0 atom stereocenters. The van der Waals surface area contributed by atoms with Gasteiger partial charge < -0.3 is 0 Å². The first kappa shape index (κ1) is 11.7. The first-order chi connectivity index (χ1) is 9.83. The second-order valence-electron chi connectivity index (χ2n) is 5.15. The van der Waals surface area contributed by atoms with Crippen molar-refractivity contribution in [2.24, 2.45) is 0 Å². The third kappa shape index (κ3) is 1.75. The Bertz CT molecular complexity index is 901. The van der Waals surface area contributed by atoms with Gasteiger partial charge in [-0.1, -0.05) is 60.7 Å². The summed E-state index contributed by atoms with van der Waals surface area (Å²) in [6.07, 6.45) is 0. The lowest BCUT2D eigenvalue weighted by atomic mass is 10.0. The third-order valence-corrected chi connectivity index (χ3v) is 4.94. The van der Waals surface area contributed by atoms with E-state index < -0.39 is 0 Å². The molecule has 4 aromatic rings. The number of rotatable bonds is 1. The summed E-state index contributed by atoms with van der Waals surface area (Å²) in [5.74, 6) is 0. The van der Waals surface area contributed by atoms with Crippen molar-refractivity contribution >= 4 is 31.5 Å². The molecule has 0 N–H and O–H groups in total. The smallest absolute Gasteiger partial charge is 0.0433 e. The molecule has 0 unspecified atom stereocenters. The van der Waals surface area contributed by atoms with Gasteiger partial charge >= 0.3 is 0 Å². The van der Waals surface area contributed by atoms with Crippen molar-refractivity contribution in [3.05, 3.63) is 72.3 Å². The van der Waals surface area contributed by atoms with E-state index in [1.807, 2.05) is 11.3 Å². The first-order valence-electron chi connectivity index (χ1n) is 6.80. The van der Waals surface area contributed by atoms with Crippen molar-refractivity contribution in [2.45, 2.75) is 6.92 Å². The minimum atomic E-state index is 1.29. The summed E-state index contributed by atoms with van der Waals surface area (Å²) in [6.45, 7) is 2.15. The van der Waals surface area contributed by atoms with Gasteiger partial charge in [0.05, 0.1) is 0 Å². The molecule has 0 aliphatic rings. The normalized spacial score (nSPS) is 11.2. The molecule has 0 radical (unpaired) electrons. The van der Waals surface area contributed by atoms with Crippen molar-refractivity contribution < 1.29 is 0 Å². The van der Waals surface area contributed by atoms with Crippen molar-refractivity contribution in [3.8, 4) is 11.1 Å². The van der Waals surface area contributed by atoms with Crippen molar-refractivity contribution in [2.75, 3.05) is 0 Å². The predicted molar refractivity (Wildman–Crippen MR) is 89.5 cm³/mol. The fraction of sp³-hybridized carbons (Fsp3) is 0.0526.